The first-order chi connectivity index (χ1) is 14.6. The lowest BCUT2D eigenvalue weighted by Crippen LogP contribution is -2.27. The zero-order chi connectivity index (χ0) is 20.9. The van der Waals surface area contributed by atoms with Gasteiger partial charge in [0.05, 0.1) is 0 Å². The van der Waals surface area contributed by atoms with Gasteiger partial charge < -0.3 is 9.88 Å². The lowest BCUT2D eigenvalue weighted by Gasteiger charge is -2.17. The van der Waals surface area contributed by atoms with Crippen LogP contribution in [0.5, 0.6) is 0 Å². The Bertz CT molecular complexity index is 1150. The van der Waals surface area contributed by atoms with Crippen LogP contribution in [0.3, 0.4) is 0 Å². The van der Waals surface area contributed by atoms with Crippen molar-refractivity contribution in [1.82, 2.24) is 14.9 Å². The van der Waals surface area contributed by atoms with Gasteiger partial charge in [0.2, 0.25) is 5.91 Å². The number of rotatable bonds is 7. The zero-order valence-electron chi connectivity index (χ0n) is 16.9. The Morgan fingerprint density at radius 2 is 1.93 bits per heavy atom. The van der Waals surface area contributed by atoms with Crippen molar-refractivity contribution in [2.45, 2.75) is 18.8 Å². The molecule has 4 rings (SSSR count). The van der Waals surface area contributed by atoms with E-state index in [1.165, 1.54) is 12.1 Å². The van der Waals surface area contributed by atoms with Crippen molar-refractivity contribution >= 4 is 16.8 Å². The van der Waals surface area contributed by atoms with Crippen molar-refractivity contribution < 1.29 is 9.18 Å². The first kappa shape index (κ1) is 19.8. The maximum atomic E-state index is 14.0. The van der Waals surface area contributed by atoms with Crippen molar-refractivity contribution in [2.24, 2.45) is 7.05 Å². The van der Waals surface area contributed by atoms with Crippen LogP contribution in [0.25, 0.3) is 10.9 Å². The molecule has 0 saturated heterocycles. The van der Waals surface area contributed by atoms with Gasteiger partial charge in [-0.15, -0.1) is 0 Å². The third-order valence-electron chi connectivity index (χ3n) is 5.37. The summed E-state index contributed by atoms with van der Waals surface area (Å²) in [5.41, 5.74) is 3.85. The number of para-hydroxylation sites is 1. The quantitative estimate of drug-likeness (QED) is 0.492. The lowest BCUT2D eigenvalue weighted by atomic mass is 9.88. The second kappa shape index (κ2) is 8.91. The number of pyridine rings is 1. The van der Waals surface area contributed by atoms with Crippen LogP contribution in [0, 0.1) is 5.82 Å². The van der Waals surface area contributed by atoms with Gasteiger partial charge in [-0.25, -0.2) is 4.39 Å². The number of hydrogen-bond acceptors (Lipinski definition) is 2. The largest absolute Gasteiger partial charge is 0.356 e. The number of aromatic nitrogens is 2. The molecule has 152 valence electrons. The predicted molar refractivity (Wildman–Crippen MR) is 117 cm³/mol. The SMILES string of the molecule is Cn1cc([C@H](CC(=O)NCCc2ccccn2)c2cccc(F)c2)c2ccccc21. The van der Waals surface area contributed by atoms with E-state index in [1.807, 2.05) is 49.6 Å². The highest BCUT2D eigenvalue weighted by Gasteiger charge is 2.22. The molecule has 1 atom stereocenters. The molecule has 0 aliphatic heterocycles. The molecule has 2 aromatic heterocycles. The molecule has 0 spiro atoms. The van der Waals surface area contributed by atoms with Crippen LogP contribution in [0.2, 0.25) is 0 Å². The molecule has 0 unspecified atom stereocenters. The van der Waals surface area contributed by atoms with Crippen LogP contribution in [-0.4, -0.2) is 22.0 Å². The minimum absolute atomic E-state index is 0.0619. The molecule has 0 aliphatic carbocycles. The predicted octanol–water partition coefficient (Wildman–Crippen LogP) is 4.59. The number of carbonyl (C=O) groups excluding carboxylic acids is 1. The smallest absolute Gasteiger partial charge is 0.220 e. The molecule has 0 bridgehead atoms. The van der Waals surface area contributed by atoms with Gasteiger partial charge in [0, 0.05) is 61.3 Å². The van der Waals surface area contributed by atoms with Gasteiger partial charge in [0.1, 0.15) is 5.82 Å². The molecule has 30 heavy (non-hydrogen) atoms. The number of halogens is 1. The maximum Gasteiger partial charge on any atom is 0.220 e. The Morgan fingerprint density at radius 3 is 2.73 bits per heavy atom. The van der Waals surface area contributed by atoms with Gasteiger partial charge in [-0.05, 0) is 41.5 Å². The molecule has 2 heterocycles. The summed E-state index contributed by atoms with van der Waals surface area (Å²) in [6.07, 6.45) is 4.71. The summed E-state index contributed by atoms with van der Waals surface area (Å²) in [6, 6.07) is 20.4. The minimum atomic E-state index is -0.298. The van der Waals surface area contributed by atoms with E-state index in [0.717, 1.165) is 27.7 Å². The van der Waals surface area contributed by atoms with E-state index in [1.54, 1.807) is 12.3 Å². The van der Waals surface area contributed by atoms with E-state index < -0.39 is 0 Å². The highest BCUT2D eigenvalue weighted by atomic mass is 19.1. The van der Waals surface area contributed by atoms with E-state index in [9.17, 15) is 9.18 Å². The lowest BCUT2D eigenvalue weighted by molar-refractivity contribution is -0.121. The Hall–Kier alpha value is -3.47. The summed E-state index contributed by atoms with van der Waals surface area (Å²) in [6.45, 7) is 0.515. The van der Waals surface area contributed by atoms with Crippen LogP contribution >= 0.6 is 0 Å². The third kappa shape index (κ3) is 4.40. The van der Waals surface area contributed by atoms with Crippen molar-refractivity contribution in [3.05, 3.63) is 102 Å². The summed E-state index contributed by atoms with van der Waals surface area (Å²) < 4.78 is 16.0. The molecule has 4 aromatic rings. The number of carbonyl (C=O) groups is 1. The van der Waals surface area contributed by atoms with E-state index in [4.69, 9.17) is 0 Å². The number of nitrogens with one attached hydrogen (secondary N) is 1. The van der Waals surface area contributed by atoms with E-state index in [2.05, 4.69) is 27.0 Å². The number of nitrogens with zero attached hydrogens (tertiary/aromatic N) is 2. The summed E-state index contributed by atoms with van der Waals surface area (Å²) in [5.74, 6) is -0.594. The summed E-state index contributed by atoms with van der Waals surface area (Å²) in [5, 5.41) is 4.07. The molecule has 4 nitrogen and oxygen atoms in total. The Kier molecular flexibility index (Phi) is 5.89. The first-order valence-corrected chi connectivity index (χ1v) is 10.1. The summed E-state index contributed by atoms with van der Waals surface area (Å²) in [4.78, 5) is 17.1. The second-order valence-electron chi connectivity index (χ2n) is 7.45. The average molecular weight is 401 g/mol. The van der Waals surface area contributed by atoms with E-state index in [-0.39, 0.29) is 24.1 Å². The van der Waals surface area contributed by atoms with Gasteiger partial charge >= 0.3 is 0 Å². The monoisotopic (exact) mass is 401 g/mol. The highest BCUT2D eigenvalue weighted by Crippen LogP contribution is 2.34. The molecule has 0 aliphatic rings. The van der Waals surface area contributed by atoms with E-state index >= 15 is 0 Å². The Labute approximate surface area is 175 Å². The fourth-order valence-corrected chi connectivity index (χ4v) is 3.91. The second-order valence-corrected chi connectivity index (χ2v) is 7.45. The van der Waals surface area contributed by atoms with Crippen LogP contribution in [-0.2, 0) is 18.3 Å². The van der Waals surface area contributed by atoms with Crippen LogP contribution in [0.4, 0.5) is 4.39 Å². The number of hydrogen-bond donors (Lipinski definition) is 1. The zero-order valence-corrected chi connectivity index (χ0v) is 16.9. The number of amides is 1. The van der Waals surface area contributed by atoms with Crippen molar-refractivity contribution in [3.63, 3.8) is 0 Å². The standard InChI is InChI=1S/C25H24FN3O/c1-29-17-23(21-10-2-3-11-24(21)29)22(18-7-6-8-19(26)15-18)16-25(30)28-14-12-20-9-4-5-13-27-20/h2-11,13,15,17,22H,12,14,16H2,1H3,(H,28,30)/t22-/m1/s1. The topological polar surface area (TPSA) is 46.9 Å². The van der Waals surface area contributed by atoms with Crippen LogP contribution < -0.4 is 5.32 Å². The molecule has 5 heteroatoms. The van der Waals surface area contributed by atoms with Crippen molar-refractivity contribution in [1.29, 1.82) is 0 Å². The van der Waals surface area contributed by atoms with Crippen LogP contribution in [0.15, 0.2) is 79.1 Å². The molecule has 0 radical (unpaired) electrons. The van der Waals surface area contributed by atoms with Gasteiger partial charge in [0.25, 0.3) is 0 Å². The van der Waals surface area contributed by atoms with Gasteiger partial charge in [-0.3, -0.25) is 9.78 Å². The molecular formula is C25H24FN3O. The summed E-state index contributed by atoms with van der Waals surface area (Å²) >= 11 is 0. The van der Waals surface area contributed by atoms with Crippen molar-refractivity contribution in [2.75, 3.05) is 6.54 Å². The fourth-order valence-electron chi connectivity index (χ4n) is 3.91. The molecule has 2 aromatic carbocycles. The maximum absolute atomic E-state index is 14.0. The molecule has 1 N–H and O–H groups in total. The molecule has 0 saturated carbocycles. The normalized spacial score (nSPS) is 12.1. The van der Waals surface area contributed by atoms with Gasteiger partial charge in [-0.2, -0.15) is 0 Å². The number of aryl methyl sites for hydroxylation is 1. The first-order valence-electron chi connectivity index (χ1n) is 10.1. The van der Waals surface area contributed by atoms with Gasteiger partial charge in [0.15, 0.2) is 0 Å². The van der Waals surface area contributed by atoms with E-state index in [0.29, 0.717) is 13.0 Å². The number of fused-ring (bicyclic) bond motifs is 1. The molecule has 0 fully saturated rings. The summed E-state index contributed by atoms with van der Waals surface area (Å²) in [7, 11) is 1.99. The molecular weight excluding hydrogens is 377 g/mol. The van der Waals surface area contributed by atoms with Gasteiger partial charge in [-0.1, -0.05) is 36.4 Å². The Morgan fingerprint density at radius 1 is 1.10 bits per heavy atom. The fraction of sp³-hybridized carbons (Fsp3) is 0.200. The third-order valence-corrected chi connectivity index (χ3v) is 5.37. The molecule has 1 amide bonds. The van der Waals surface area contributed by atoms with Crippen LogP contribution in [0.1, 0.15) is 29.2 Å². The number of benzene rings is 2. The van der Waals surface area contributed by atoms with Crippen molar-refractivity contribution in [3.8, 4) is 0 Å². The Balaban J connectivity index is 1.57. The average Bonchev–Trinajstić information content (AvgIpc) is 3.09. The highest BCUT2D eigenvalue weighted by molar-refractivity contribution is 5.86. The minimum Gasteiger partial charge on any atom is -0.356 e.